The van der Waals surface area contributed by atoms with E-state index in [2.05, 4.69) is 10.1 Å². The fraction of sp³-hybridized carbons (Fsp3) is 0.385. The van der Waals surface area contributed by atoms with Crippen molar-refractivity contribution in [2.24, 2.45) is 12.8 Å². The fourth-order valence-electron chi connectivity index (χ4n) is 1.98. The van der Waals surface area contributed by atoms with Crippen molar-refractivity contribution >= 4 is 0 Å². The number of aryl methyl sites for hydroxylation is 2. The van der Waals surface area contributed by atoms with Crippen LogP contribution in [0.2, 0.25) is 0 Å². The van der Waals surface area contributed by atoms with Crippen LogP contribution in [0.15, 0.2) is 12.1 Å². The lowest BCUT2D eigenvalue weighted by molar-refractivity contribution is 0.401. The van der Waals surface area contributed by atoms with Gasteiger partial charge >= 0.3 is 0 Å². The number of rotatable bonds is 4. The maximum absolute atomic E-state index is 5.57. The first-order chi connectivity index (χ1) is 9.10. The minimum absolute atomic E-state index is 0.305. The van der Waals surface area contributed by atoms with Gasteiger partial charge in [0.25, 0.3) is 0 Å². The molecule has 6 heteroatoms. The summed E-state index contributed by atoms with van der Waals surface area (Å²) in [4.78, 5) is 4.40. The lowest BCUT2D eigenvalue weighted by Crippen LogP contribution is -1.99. The Morgan fingerprint density at radius 3 is 2.42 bits per heavy atom. The first-order valence-corrected chi connectivity index (χ1v) is 5.93. The maximum atomic E-state index is 5.57. The summed E-state index contributed by atoms with van der Waals surface area (Å²) in [5, 5.41) is 4.24. The lowest BCUT2D eigenvalue weighted by atomic mass is 10.1. The molecule has 0 aliphatic heterocycles. The summed E-state index contributed by atoms with van der Waals surface area (Å²) < 4.78 is 12.4. The van der Waals surface area contributed by atoms with Crippen molar-refractivity contribution in [2.75, 3.05) is 14.2 Å². The summed E-state index contributed by atoms with van der Waals surface area (Å²) >= 11 is 0. The molecule has 0 saturated heterocycles. The summed E-state index contributed by atoms with van der Waals surface area (Å²) in [5.74, 6) is 2.82. The van der Waals surface area contributed by atoms with E-state index < -0.39 is 0 Å². The molecular formula is C13H18N4O2. The standard InChI is InChI=1S/C13H18N4O2/c1-8-5-11(19-4)9(6-10(8)18-3)13-15-12(7-14)16-17(13)2/h5-6H,7,14H2,1-4H3. The third kappa shape index (κ3) is 2.39. The molecule has 0 fully saturated rings. The molecule has 1 aromatic heterocycles. The van der Waals surface area contributed by atoms with Crippen LogP contribution in [-0.4, -0.2) is 29.0 Å². The summed E-state index contributed by atoms with van der Waals surface area (Å²) in [7, 11) is 5.10. The summed E-state index contributed by atoms with van der Waals surface area (Å²) in [6.45, 7) is 2.27. The highest BCUT2D eigenvalue weighted by Gasteiger charge is 2.16. The number of benzene rings is 1. The zero-order valence-corrected chi connectivity index (χ0v) is 11.6. The molecule has 102 valence electrons. The third-order valence-corrected chi connectivity index (χ3v) is 2.95. The number of nitrogens with two attached hydrogens (primary N) is 1. The highest BCUT2D eigenvalue weighted by atomic mass is 16.5. The van der Waals surface area contributed by atoms with E-state index >= 15 is 0 Å². The Labute approximate surface area is 112 Å². The van der Waals surface area contributed by atoms with E-state index in [0.29, 0.717) is 18.2 Å². The van der Waals surface area contributed by atoms with Crippen molar-refractivity contribution < 1.29 is 9.47 Å². The van der Waals surface area contributed by atoms with Crippen LogP contribution in [0.5, 0.6) is 11.5 Å². The fourth-order valence-corrected chi connectivity index (χ4v) is 1.98. The molecule has 1 heterocycles. The normalized spacial score (nSPS) is 10.6. The second-order valence-corrected chi connectivity index (χ2v) is 4.20. The first kappa shape index (κ1) is 13.4. The van der Waals surface area contributed by atoms with Gasteiger partial charge in [0.1, 0.15) is 11.5 Å². The zero-order valence-electron chi connectivity index (χ0n) is 11.6. The Balaban J connectivity index is 2.62. The van der Waals surface area contributed by atoms with Gasteiger partial charge < -0.3 is 15.2 Å². The van der Waals surface area contributed by atoms with E-state index in [1.54, 1.807) is 18.9 Å². The third-order valence-electron chi connectivity index (χ3n) is 2.95. The Hall–Kier alpha value is -2.08. The molecule has 0 bridgehead atoms. The van der Waals surface area contributed by atoms with Crippen molar-refractivity contribution in [3.8, 4) is 22.9 Å². The van der Waals surface area contributed by atoms with Gasteiger partial charge in [0, 0.05) is 7.05 Å². The van der Waals surface area contributed by atoms with Crippen LogP contribution < -0.4 is 15.2 Å². The SMILES string of the molecule is COc1cc(-c2nc(CN)nn2C)c(OC)cc1C. The van der Waals surface area contributed by atoms with Gasteiger partial charge in [0.2, 0.25) is 0 Å². The molecular weight excluding hydrogens is 244 g/mol. The molecule has 0 aliphatic rings. The van der Waals surface area contributed by atoms with E-state index in [0.717, 1.165) is 22.6 Å². The maximum Gasteiger partial charge on any atom is 0.164 e. The molecule has 0 aliphatic carbocycles. The van der Waals surface area contributed by atoms with Crippen LogP contribution in [0.1, 0.15) is 11.4 Å². The van der Waals surface area contributed by atoms with Gasteiger partial charge in [-0.15, -0.1) is 0 Å². The molecule has 6 nitrogen and oxygen atoms in total. The molecule has 0 amide bonds. The number of ether oxygens (including phenoxy) is 2. The van der Waals surface area contributed by atoms with Gasteiger partial charge in [-0.1, -0.05) is 0 Å². The number of aromatic nitrogens is 3. The topological polar surface area (TPSA) is 75.2 Å². The summed E-state index contributed by atoms with van der Waals surface area (Å²) in [6.07, 6.45) is 0. The van der Waals surface area contributed by atoms with Crippen LogP contribution >= 0.6 is 0 Å². The molecule has 0 spiro atoms. The van der Waals surface area contributed by atoms with Crippen LogP contribution in [-0.2, 0) is 13.6 Å². The lowest BCUT2D eigenvalue weighted by Gasteiger charge is -2.12. The van der Waals surface area contributed by atoms with Crippen LogP contribution in [0, 0.1) is 6.92 Å². The Morgan fingerprint density at radius 2 is 1.89 bits per heavy atom. The highest BCUT2D eigenvalue weighted by Crippen LogP contribution is 2.34. The molecule has 2 rings (SSSR count). The van der Waals surface area contributed by atoms with E-state index in [-0.39, 0.29) is 0 Å². The second-order valence-electron chi connectivity index (χ2n) is 4.20. The smallest absolute Gasteiger partial charge is 0.164 e. The minimum atomic E-state index is 0.305. The summed E-state index contributed by atoms with van der Waals surface area (Å²) in [6, 6.07) is 3.82. The number of nitrogens with zero attached hydrogens (tertiary/aromatic N) is 3. The molecule has 1 aromatic carbocycles. The average Bonchev–Trinajstić information content (AvgIpc) is 2.79. The van der Waals surface area contributed by atoms with Gasteiger partial charge in [-0.05, 0) is 24.6 Å². The Kier molecular flexibility index (Phi) is 3.71. The minimum Gasteiger partial charge on any atom is -0.496 e. The zero-order chi connectivity index (χ0) is 14.0. The van der Waals surface area contributed by atoms with Gasteiger partial charge in [0.05, 0.1) is 26.3 Å². The summed E-state index contributed by atoms with van der Waals surface area (Å²) in [5.41, 5.74) is 7.40. The van der Waals surface area contributed by atoms with Crippen molar-refractivity contribution in [2.45, 2.75) is 13.5 Å². The van der Waals surface area contributed by atoms with Crippen molar-refractivity contribution in [1.82, 2.24) is 14.8 Å². The number of hydrogen-bond acceptors (Lipinski definition) is 5. The van der Waals surface area contributed by atoms with E-state index in [1.165, 1.54) is 0 Å². The van der Waals surface area contributed by atoms with E-state index in [4.69, 9.17) is 15.2 Å². The van der Waals surface area contributed by atoms with Crippen LogP contribution in [0.25, 0.3) is 11.4 Å². The number of methoxy groups -OCH3 is 2. The largest absolute Gasteiger partial charge is 0.496 e. The van der Waals surface area contributed by atoms with E-state index in [9.17, 15) is 0 Å². The Bertz CT molecular complexity index is 593. The predicted molar refractivity (Wildman–Crippen MR) is 72.2 cm³/mol. The number of hydrogen-bond donors (Lipinski definition) is 1. The van der Waals surface area contributed by atoms with Crippen molar-refractivity contribution in [3.63, 3.8) is 0 Å². The van der Waals surface area contributed by atoms with Gasteiger partial charge in [-0.3, -0.25) is 0 Å². The molecule has 0 saturated carbocycles. The molecule has 0 unspecified atom stereocenters. The van der Waals surface area contributed by atoms with Gasteiger partial charge in [-0.2, -0.15) is 5.10 Å². The van der Waals surface area contributed by atoms with Crippen LogP contribution in [0.4, 0.5) is 0 Å². The molecule has 2 N–H and O–H groups in total. The first-order valence-electron chi connectivity index (χ1n) is 5.93. The molecule has 19 heavy (non-hydrogen) atoms. The van der Waals surface area contributed by atoms with Crippen LogP contribution in [0.3, 0.4) is 0 Å². The molecule has 0 radical (unpaired) electrons. The van der Waals surface area contributed by atoms with Gasteiger partial charge in [-0.25, -0.2) is 9.67 Å². The highest BCUT2D eigenvalue weighted by molar-refractivity contribution is 5.68. The Morgan fingerprint density at radius 1 is 1.21 bits per heavy atom. The monoisotopic (exact) mass is 262 g/mol. The average molecular weight is 262 g/mol. The second kappa shape index (κ2) is 5.27. The van der Waals surface area contributed by atoms with Crippen molar-refractivity contribution in [1.29, 1.82) is 0 Å². The molecule has 2 aromatic rings. The van der Waals surface area contributed by atoms with E-state index in [1.807, 2.05) is 26.1 Å². The van der Waals surface area contributed by atoms with Gasteiger partial charge in [0.15, 0.2) is 11.6 Å². The molecule has 0 atom stereocenters. The predicted octanol–water partition coefficient (Wildman–Crippen LogP) is 1.27. The quantitative estimate of drug-likeness (QED) is 0.898. The van der Waals surface area contributed by atoms with Crippen molar-refractivity contribution in [3.05, 3.63) is 23.5 Å².